The molecule has 0 aliphatic carbocycles. The molecule has 5 nitrogen and oxygen atoms in total. The molecule has 18 heavy (non-hydrogen) atoms. The maximum atomic E-state index is 12.1. The zero-order valence-electron chi connectivity index (χ0n) is 9.26. The van der Waals surface area contributed by atoms with Gasteiger partial charge in [-0.05, 0) is 24.3 Å². The first kappa shape index (κ1) is 13.1. The van der Waals surface area contributed by atoms with Crippen molar-refractivity contribution in [2.45, 2.75) is 11.4 Å². The van der Waals surface area contributed by atoms with Crippen molar-refractivity contribution < 1.29 is 12.8 Å². The third-order valence-electron chi connectivity index (χ3n) is 2.31. The minimum Gasteiger partial charge on any atom is -0.472 e. The second-order valence-corrected chi connectivity index (χ2v) is 6.29. The van der Waals surface area contributed by atoms with Crippen LogP contribution in [-0.4, -0.2) is 8.42 Å². The Balaban J connectivity index is 2.22. The first-order valence-electron chi connectivity index (χ1n) is 5.05. The molecule has 0 fully saturated rings. The standard InChI is InChI=1S/C11H11BrN2O3S/c12-9-1-2-10(13)11(5-9)18(15,16)14-6-8-3-4-17-7-8/h1-5,7,14H,6,13H2. The van der Waals surface area contributed by atoms with Crippen molar-refractivity contribution in [3.05, 3.63) is 46.8 Å². The van der Waals surface area contributed by atoms with Crippen molar-refractivity contribution in [3.8, 4) is 0 Å². The van der Waals surface area contributed by atoms with E-state index in [0.29, 0.717) is 4.47 Å². The molecule has 1 aromatic heterocycles. The van der Waals surface area contributed by atoms with Crippen LogP contribution in [-0.2, 0) is 16.6 Å². The smallest absolute Gasteiger partial charge is 0.242 e. The largest absolute Gasteiger partial charge is 0.472 e. The van der Waals surface area contributed by atoms with Gasteiger partial charge in [-0.2, -0.15) is 0 Å². The number of nitrogens with one attached hydrogen (secondary N) is 1. The lowest BCUT2D eigenvalue weighted by Gasteiger charge is -2.08. The Hall–Kier alpha value is -1.31. The second kappa shape index (κ2) is 5.13. The third-order valence-corrected chi connectivity index (χ3v) is 4.26. The van der Waals surface area contributed by atoms with Crippen molar-refractivity contribution in [2.24, 2.45) is 0 Å². The van der Waals surface area contributed by atoms with Gasteiger partial charge in [0.1, 0.15) is 4.90 Å². The molecule has 0 amide bonds. The quantitative estimate of drug-likeness (QED) is 0.840. The van der Waals surface area contributed by atoms with Crippen LogP contribution in [0.4, 0.5) is 5.69 Å². The molecule has 0 atom stereocenters. The molecule has 1 heterocycles. The minimum atomic E-state index is -3.64. The lowest BCUT2D eigenvalue weighted by atomic mass is 10.3. The Morgan fingerprint density at radius 2 is 2.11 bits per heavy atom. The predicted octanol–water partition coefficient (Wildman–Crippen LogP) is 2.10. The highest BCUT2D eigenvalue weighted by atomic mass is 79.9. The van der Waals surface area contributed by atoms with E-state index in [4.69, 9.17) is 10.2 Å². The van der Waals surface area contributed by atoms with Crippen LogP contribution >= 0.6 is 15.9 Å². The fourth-order valence-corrected chi connectivity index (χ4v) is 3.08. The Morgan fingerprint density at radius 3 is 2.78 bits per heavy atom. The fraction of sp³-hybridized carbons (Fsp3) is 0.0909. The monoisotopic (exact) mass is 330 g/mol. The summed E-state index contributed by atoms with van der Waals surface area (Å²) in [6, 6.07) is 6.38. The van der Waals surface area contributed by atoms with Gasteiger partial charge in [-0.15, -0.1) is 0 Å². The van der Waals surface area contributed by atoms with Crippen molar-refractivity contribution in [2.75, 3.05) is 5.73 Å². The first-order valence-corrected chi connectivity index (χ1v) is 7.32. The van der Waals surface area contributed by atoms with E-state index in [9.17, 15) is 8.42 Å². The summed E-state index contributed by atoms with van der Waals surface area (Å²) in [4.78, 5) is 0.0559. The SMILES string of the molecule is Nc1ccc(Br)cc1S(=O)(=O)NCc1ccoc1. The number of halogens is 1. The number of sulfonamides is 1. The van der Waals surface area contributed by atoms with Crippen LogP contribution in [0.3, 0.4) is 0 Å². The zero-order chi connectivity index (χ0) is 13.2. The number of benzene rings is 1. The topological polar surface area (TPSA) is 85.3 Å². The van der Waals surface area contributed by atoms with E-state index in [-0.39, 0.29) is 17.1 Å². The van der Waals surface area contributed by atoms with E-state index in [2.05, 4.69) is 20.7 Å². The molecule has 0 bridgehead atoms. The van der Waals surface area contributed by atoms with Crippen molar-refractivity contribution >= 4 is 31.6 Å². The van der Waals surface area contributed by atoms with Crippen LogP contribution in [0.5, 0.6) is 0 Å². The molecule has 0 spiro atoms. The van der Waals surface area contributed by atoms with Crippen LogP contribution in [0, 0.1) is 0 Å². The van der Waals surface area contributed by atoms with Crippen molar-refractivity contribution in [1.29, 1.82) is 0 Å². The van der Waals surface area contributed by atoms with Crippen LogP contribution in [0.2, 0.25) is 0 Å². The van der Waals surface area contributed by atoms with Gasteiger partial charge in [0.25, 0.3) is 0 Å². The Bertz CT molecular complexity index is 638. The molecule has 2 rings (SSSR count). The highest BCUT2D eigenvalue weighted by Gasteiger charge is 2.17. The minimum absolute atomic E-state index is 0.0559. The van der Waals surface area contributed by atoms with Gasteiger partial charge in [0, 0.05) is 16.6 Å². The summed E-state index contributed by atoms with van der Waals surface area (Å²) < 4.78 is 32.1. The summed E-state index contributed by atoms with van der Waals surface area (Å²) in [5.41, 5.74) is 6.62. The summed E-state index contributed by atoms with van der Waals surface area (Å²) in [5, 5.41) is 0. The Kier molecular flexibility index (Phi) is 3.74. The molecule has 0 aliphatic rings. The van der Waals surface area contributed by atoms with Crippen LogP contribution in [0.25, 0.3) is 0 Å². The zero-order valence-corrected chi connectivity index (χ0v) is 11.7. The molecule has 3 N–H and O–H groups in total. The molecule has 0 saturated carbocycles. The number of nitrogens with two attached hydrogens (primary N) is 1. The average molecular weight is 331 g/mol. The van der Waals surface area contributed by atoms with Gasteiger partial charge in [0.05, 0.1) is 18.2 Å². The first-order chi connectivity index (χ1) is 8.49. The summed E-state index contributed by atoms with van der Waals surface area (Å²) in [5.74, 6) is 0. The van der Waals surface area contributed by atoms with Gasteiger partial charge in [0.2, 0.25) is 10.0 Å². The summed E-state index contributed by atoms with van der Waals surface area (Å²) >= 11 is 3.22. The fourth-order valence-electron chi connectivity index (χ4n) is 1.39. The maximum absolute atomic E-state index is 12.1. The van der Waals surface area contributed by atoms with Gasteiger partial charge < -0.3 is 10.2 Å². The molecular formula is C11H11BrN2O3S. The van der Waals surface area contributed by atoms with E-state index in [1.54, 1.807) is 12.1 Å². The van der Waals surface area contributed by atoms with E-state index in [1.165, 1.54) is 24.7 Å². The van der Waals surface area contributed by atoms with Crippen molar-refractivity contribution in [1.82, 2.24) is 4.72 Å². The lowest BCUT2D eigenvalue weighted by Crippen LogP contribution is -2.24. The Morgan fingerprint density at radius 1 is 1.33 bits per heavy atom. The van der Waals surface area contributed by atoms with E-state index in [0.717, 1.165) is 5.56 Å². The molecular weight excluding hydrogens is 320 g/mol. The van der Waals surface area contributed by atoms with Crippen LogP contribution in [0.15, 0.2) is 50.6 Å². The number of anilines is 1. The average Bonchev–Trinajstić information content (AvgIpc) is 2.83. The van der Waals surface area contributed by atoms with Gasteiger partial charge in [0.15, 0.2) is 0 Å². The molecule has 0 radical (unpaired) electrons. The number of hydrogen-bond acceptors (Lipinski definition) is 4. The number of hydrogen-bond donors (Lipinski definition) is 2. The highest BCUT2D eigenvalue weighted by Crippen LogP contribution is 2.22. The number of rotatable bonds is 4. The van der Waals surface area contributed by atoms with E-state index < -0.39 is 10.0 Å². The second-order valence-electron chi connectivity index (χ2n) is 3.64. The van der Waals surface area contributed by atoms with Crippen LogP contribution < -0.4 is 10.5 Å². The maximum Gasteiger partial charge on any atom is 0.242 e. The summed E-state index contributed by atoms with van der Waals surface area (Å²) in [7, 11) is -3.64. The summed E-state index contributed by atoms with van der Waals surface area (Å²) in [6.45, 7) is 0.158. The number of nitrogen functional groups attached to an aromatic ring is 1. The van der Waals surface area contributed by atoms with Gasteiger partial charge in [-0.25, -0.2) is 13.1 Å². The lowest BCUT2D eigenvalue weighted by molar-refractivity contribution is 0.561. The molecule has 0 saturated heterocycles. The predicted molar refractivity (Wildman–Crippen MR) is 71.3 cm³/mol. The van der Waals surface area contributed by atoms with E-state index >= 15 is 0 Å². The van der Waals surface area contributed by atoms with Gasteiger partial charge in [-0.3, -0.25) is 0 Å². The molecule has 96 valence electrons. The Labute approximate surface area is 113 Å². The van der Waals surface area contributed by atoms with Gasteiger partial charge in [-0.1, -0.05) is 15.9 Å². The van der Waals surface area contributed by atoms with E-state index in [1.807, 2.05) is 0 Å². The number of furan rings is 1. The highest BCUT2D eigenvalue weighted by molar-refractivity contribution is 9.10. The van der Waals surface area contributed by atoms with Crippen molar-refractivity contribution in [3.63, 3.8) is 0 Å². The molecule has 7 heteroatoms. The van der Waals surface area contributed by atoms with Crippen LogP contribution in [0.1, 0.15) is 5.56 Å². The van der Waals surface area contributed by atoms with Gasteiger partial charge >= 0.3 is 0 Å². The molecule has 0 unspecified atom stereocenters. The molecule has 1 aromatic carbocycles. The summed E-state index contributed by atoms with van der Waals surface area (Å²) in [6.07, 6.45) is 2.96. The molecule has 0 aliphatic heterocycles. The molecule has 2 aromatic rings. The normalized spacial score (nSPS) is 11.6. The third kappa shape index (κ3) is 2.92.